The van der Waals surface area contributed by atoms with Gasteiger partial charge in [0.25, 0.3) is 0 Å². The minimum Gasteiger partial charge on any atom is -0.507 e. The summed E-state index contributed by atoms with van der Waals surface area (Å²) in [5.41, 5.74) is 3.43. The maximum absolute atomic E-state index is 13.0. The molecule has 5 rings (SSSR count). The van der Waals surface area contributed by atoms with E-state index in [1.165, 1.54) is 11.6 Å². The summed E-state index contributed by atoms with van der Waals surface area (Å²) in [5, 5.41) is 22.2. The minimum atomic E-state index is -0.240. The van der Waals surface area contributed by atoms with Crippen molar-refractivity contribution in [3.8, 4) is 5.75 Å². The van der Waals surface area contributed by atoms with Crippen molar-refractivity contribution in [3.05, 3.63) is 68.7 Å². The molecule has 32 heavy (non-hydrogen) atoms. The highest BCUT2D eigenvalue weighted by Gasteiger charge is 2.54. The summed E-state index contributed by atoms with van der Waals surface area (Å²) >= 11 is 12.2. The molecule has 0 bridgehead atoms. The zero-order valence-electron chi connectivity index (χ0n) is 18.2. The predicted octanol–water partition coefficient (Wildman–Crippen LogP) is 6.81. The molecule has 3 nitrogen and oxygen atoms in total. The number of allylic oxidation sites excluding steroid dienone is 1. The van der Waals surface area contributed by atoms with Gasteiger partial charge >= 0.3 is 0 Å². The number of carbonyl (C=O) groups is 1. The first-order chi connectivity index (χ1) is 15.3. The molecular weight excluding hydrogens is 443 g/mol. The Morgan fingerprint density at radius 3 is 2.72 bits per heavy atom. The molecule has 0 radical (unpaired) electrons. The highest BCUT2D eigenvalue weighted by molar-refractivity contribution is 6.35. The van der Waals surface area contributed by atoms with Crippen LogP contribution < -0.4 is 0 Å². The van der Waals surface area contributed by atoms with Gasteiger partial charge in [-0.1, -0.05) is 36.2 Å². The van der Waals surface area contributed by atoms with E-state index in [2.05, 4.69) is 6.92 Å². The number of phenolic OH excluding ortho intramolecular Hbond substituents is 1. The lowest BCUT2D eigenvalue weighted by Gasteiger charge is -2.50. The molecule has 0 saturated heterocycles. The first kappa shape index (κ1) is 22.0. The number of ketones is 1. The number of hydrogen-bond donors (Lipinski definition) is 2. The number of aryl methyl sites for hydroxylation is 1. The Labute approximate surface area is 199 Å². The monoisotopic (exact) mass is 470 g/mol. The number of aliphatic hydroxyl groups excluding tert-OH is 1. The van der Waals surface area contributed by atoms with E-state index in [0.717, 1.165) is 44.1 Å². The number of aromatic hydroxyl groups is 1. The Morgan fingerprint density at radius 1 is 1.12 bits per heavy atom. The molecule has 3 aliphatic carbocycles. The van der Waals surface area contributed by atoms with Crippen molar-refractivity contribution in [2.24, 2.45) is 17.3 Å². The second-order valence-electron chi connectivity index (χ2n) is 9.98. The Hall–Kier alpha value is -1.81. The molecule has 2 N–H and O–H groups in total. The lowest BCUT2D eigenvalue weighted by atomic mass is 9.55. The van der Waals surface area contributed by atoms with Gasteiger partial charge in [0, 0.05) is 10.0 Å². The van der Waals surface area contributed by atoms with Crippen LogP contribution in [0.1, 0.15) is 72.0 Å². The second-order valence-corrected chi connectivity index (χ2v) is 10.8. The molecule has 0 heterocycles. The number of benzene rings is 2. The molecule has 5 heteroatoms. The van der Waals surface area contributed by atoms with E-state index >= 15 is 0 Å². The lowest BCUT2D eigenvalue weighted by molar-refractivity contribution is -0.0226. The number of phenols is 1. The van der Waals surface area contributed by atoms with Crippen LogP contribution in [-0.2, 0) is 6.42 Å². The maximum atomic E-state index is 13.0. The van der Waals surface area contributed by atoms with E-state index < -0.39 is 0 Å². The minimum absolute atomic E-state index is 0.0226. The average molecular weight is 471 g/mol. The van der Waals surface area contributed by atoms with Crippen LogP contribution in [0.4, 0.5) is 0 Å². The maximum Gasteiger partial charge on any atom is 0.189 e. The number of carbonyl (C=O) groups excluding carboxylic acids is 1. The zero-order valence-corrected chi connectivity index (χ0v) is 19.7. The molecule has 0 amide bonds. The summed E-state index contributed by atoms with van der Waals surface area (Å²) in [5.74, 6) is 1.26. The number of rotatable bonds is 3. The number of aliphatic hydroxyl groups is 1. The second kappa shape index (κ2) is 8.20. The van der Waals surface area contributed by atoms with Crippen molar-refractivity contribution in [3.63, 3.8) is 0 Å². The van der Waals surface area contributed by atoms with E-state index in [9.17, 15) is 15.0 Å². The first-order valence-electron chi connectivity index (χ1n) is 11.5. The molecule has 2 fully saturated rings. The molecule has 168 valence electrons. The van der Waals surface area contributed by atoms with E-state index in [1.807, 2.05) is 6.07 Å². The van der Waals surface area contributed by atoms with Gasteiger partial charge < -0.3 is 10.2 Å². The van der Waals surface area contributed by atoms with Gasteiger partial charge in [0.05, 0.1) is 11.7 Å². The van der Waals surface area contributed by atoms with Gasteiger partial charge in [-0.3, -0.25) is 4.79 Å². The third kappa shape index (κ3) is 3.59. The van der Waals surface area contributed by atoms with Crippen LogP contribution in [0.15, 0.2) is 36.4 Å². The Balaban J connectivity index is 1.44. The first-order valence-corrected chi connectivity index (χ1v) is 12.2. The molecule has 3 aliphatic rings. The number of fused-ring (bicyclic) bond motifs is 5. The third-order valence-electron chi connectivity index (χ3n) is 8.43. The van der Waals surface area contributed by atoms with E-state index in [-0.39, 0.29) is 23.1 Å². The molecule has 0 spiro atoms. The fourth-order valence-electron chi connectivity index (χ4n) is 6.67. The molecule has 0 unspecified atom stereocenters. The summed E-state index contributed by atoms with van der Waals surface area (Å²) < 4.78 is 0. The van der Waals surface area contributed by atoms with Gasteiger partial charge in [0.1, 0.15) is 5.75 Å². The smallest absolute Gasteiger partial charge is 0.189 e. The van der Waals surface area contributed by atoms with Crippen molar-refractivity contribution in [1.82, 2.24) is 0 Å². The van der Waals surface area contributed by atoms with Gasteiger partial charge in [-0.2, -0.15) is 0 Å². The summed E-state index contributed by atoms with van der Waals surface area (Å²) in [6.45, 7) is 2.26. The van der Waals surface area contributed by atoms with Crippen LogP contribution in [-0.4, -0.2) is 22.1 Å². The predicted molar refractivity (Wildman–Crippen MR) is 129 cm³/mol. The quantitative estimate of drug-likeness (QED) is 0.382. The van der Waals surface area contributed by atoms with Crippen LogP contribution in [0.25, 0.3) is 6.08 Å². The molecule has 2 aromatic carbocycles. The van der Waals surface area contributed by atoms with Gasteiger partial charge in [-0.05, 0) is 115 Å². The van der Waals surface area contributed by atoms with Crippen molar-refractivity contribution >= 4 is 35.1 Å². The Kier molecular flexibility index (Phi) is 5.64. The van der Waals surface area contributed by atoms with E-state index in [0.29, 0.717) is 38.9 Å². The highest BCUT2D eigenvalue weighted by Crippen LogP contribution is 2.61. The topological polar surface area (TPSA) is 57.5 Å². The standard InChI is InChI=1S/C27H28Cl2O3/c1-27-11-10-18-19(22(27)7-9-26(27)32)6-3-16-12-25(31)21(14-20(16)18)24(30)8-4-15-2-5-17(28)13-23(15)29/h2,4-5,8,12-14,18-19,22,26,31-32H,3,6-7,9-11H2,1H3/b8-4+/t18-,19+,22-,26-,27-/m0/s1. The van der Waals surface area contributed by atoms with Gasteiger partial charge in [0.15, 0.2) is 5.78 Å². The summed E-state index contributed by atoms with van der Waals surface area (Å²) in [4.78, 5) is 13.0. The molecular formula is C27H28Cl2O3. The number of halogens is 2. The summed E-state index contributed by atoms with van der Waals surface area (Å²) in [6, 6.07) is 8.84. The molecule has 2 saturated carbocycles. The zero-order chi connectivity index (χ0) is 22.6. The van der Waals surface area contributed by atoms with E-state index in [4.69, 9.17) is 23.2 Å². The third-order valence-corrected chi connectivity index (χ3v) is 9.00. The molecule has 0 aliphatic heterocycles. The van der Waals surface area contributed by atoms with E-state index in [1.54, 1.807) is 30.3 Å². The van der Waals surface area contributed by atoms with Crippen LogP contribution >= 0.6 is 23.2 Å². The Bertz CT molecular complexity index is 1110. The van der Waals surface area contributed by atoms with Crippen LogP contribution in [0, 0.1) is 17.3 Å². The molecule has 0 aromatic heterocycles. The fraction of sp³-hybridized carbons (Fsp3) is 0.444. The van der Waals surface area contributed by atoms with Crippen LogP contribution in [0.2, 0.25) is 10.0 Å². The lowest BCUT2D eigenvalue weighted by Crippen LogP contribution is -2.43. The normalized spacial score (nSPS) is 31.2. The van der Waals surface area contributed by atoms with Crippen molar-refractivity contribution in [1.29, 1.82) is 0 Å². The summed E-state index contributed by atoms with van der Waals surface area (Å²) in [6.07, 6.45) is 8.95. The van der Waals surface area contributed by atoms with Gasteiger partial charge in [-0.25, -0.2) is 0 Å². The number of hydrogen-bond acceptors (Lipinski definition) is 3. The van der Waals surface area contributed by atoms with Gasteiger partial charge in [0.2, 0.25) is 0 Å². The largest absolute Gasteiger partial charge is 0.507 e. The molecule has 2 aromatic rings. The highest BCUT2D eigenvalue weighted by atomic mass is 35.5. The SMILES string of the molecule is C[C@]12CC[C@@H]3c4cc(C(=O)/C=C/c5ccc(Cl)cc5Cl)c(O)cc4CC[C@H]3[C@@H]1CC[C@@H]2O. The van der Waals surface area contributed by atoms with Crippen molar-refractivity contribution < 1.29 is 15.0 Å². The van der Waals surface area contributed by atoms with Gasteiger partial charge in [-0.15, -0.1) is 0 Å². The van der Waals surface area contributed by atoms with Crippen LogP contribution in [0.3, 0.4) is 0 Å². The average Bonchev–Trinajstić information content (AvgIpc) is 3.07. The van der Waals surface area contributed by atoms with Crippen molar-refractivity contribution in [2.45, 2.75) is 57.5 Å². The summed E-state index contributed by atoms with van der Waals surface area (Å²) in [7, 11) is 0. The Morgan fingerprint density at radius 2 is 1.94 bits per heavy atom. The fourth-order valence-corrected chi connectivity index (χ4v) is 7.14. The van der Waals surface area contributed by atoms with Crippen molar-refractivity contribution in [2.75, 3.05) is 0 Å². The van der Waals surface area contributed by atoms with Crippen LogP contribution in [0.5, 0.6) is 5.75 Å². The molecule has 5 atom stereocenters.